The maximum absolute atomic E-state index is 15.0. The molecule has 13 heteroatoms. The molecule has 0 bridgehead atoms. The van der Waals surface area contributed by atoms with Gasteiger partial charge < -0.3 is 13.8 Å². The largest absolute Gasteiger partial charge is 0.497 e. The number of Topliss-reactive ketones (excluding diaryl/α,β-unsaturated/α-hetero) is 1. The van der Waals surface area contributed by atoms with Crippen molar-refractivity contribution in [2.75, 3.05) is 20.3 Å². The van der Waals surface area contributed by atoms with Gasteiger partial charge in [0.15, 0.2) is 5.28 Å². The third-order valence-corrected chi connectivity index (χ3v) is 12.6. The van der Waals surface area contributed by atoms with Gasteiger partial charge in [-0.05, 0) is 62.2 Å². The van der Waals surface area contributed by atoms with Gasteiger partial charge in [0.2, 0.25) is 25.6 Å². The van der Waals surface area contributed by atoms with Crippen molar-refractivity contribution >= 4 is 33.2 Å². The maximum atomic E-state index is 15.0. The molecule has 1 unspecified atom stereocenters. The number of allylic oxidation sites excluding steroid dienone is 1. The van der Waals surface area contributed by atoms with E-state index >= 15 is 0 Å². The minimum absolute atomic E-state index is 0.0597. The highest BCUT2D eigenvalue weighted by atomic mass is 32.2. The van der Waals surface area contributed by atoms with E-state index in [0.717, 1.165) is 11.6 Å². The Bertz CT molecular complexity index is 1770. The molecule has 4 rings (SSSR count). The van der Waals surface area contributed by atoms with Crippen molar-refractivity contribution in [3.8, 4) is 5.75 Å². The van der Waals surface area contributed by atoms with E-state index in [1.54, 1.807) is 32.9 Å². The molecule has 3 aromatic carbocycles. The number of hydrogen-bond acceptors (Lipinski definition) is 9. The quantitative estimate of drug-likeness (QED) is 0.230. The third kappa shape index (κ3) is 6.26. The molecule has 0 saturated heterocycles. The van der Waals surface area contributed by atoms with Crippen LogP contribution < -0.4 is 9.46 Å². The Balaban J connectivity index is 2.08. The fourth-order valence-corrected chi connectivity index (χ4v) is 10.2. The smallest absolute Gasteiger partial charge is 0.360 e. The van der Waals surface area contributed by atoms with Crippen LogP contribution in [0.4, 0.5) is 0 Å². The summed E-state index contributed by atoms with van der Waals surface area (Å²) in [6, 6.07) is 17.1. The summed E-state index contributed by atoms with van der Waals surface area (Å²) in [4.78, 5) is 12.7. The highest BCUT2D eigenvalue weighted by Gasteiger charge is 2.58. The highest BCUT2D eigenvalue weighted by molar-refractivity contribution is 7.96. The number of sulfonamides is 1. The van der Waals surface area contributed by atoms with Gasteiger partial charge in [-0.25, -0.2) is 16.8 Å². The average molecular weight is 648 g/mol. The molecule has 0 fully saturated rings. The SMILES string of the molecule is CCCOP(=O)(OCCC)C1(NS(=O)(=O)c2ccc(OC)cc2)C=C(S(=O)(=O)c2ccc(C)cc2)C(=O)c2ccccc21. The van der Waals surface area contributed by atoms with Crippen LogP contribution in [-0.2, 0) is 38.8 Å². The van der Waals surface area contributed by atoms with Crippen LogP contribution >= 0.6 is 7.60 Å². The first-order valence-corrected chi connectivity index (χ1v) is 18.1. The number of ketones is 1. The number of carbonyl (C=O) groups excluding carboxylic acids is 1. The predicted molar refractivity (Wildman–Crippen MR) is 162 cm³/mol. The third-order valence-electron chi connectivity index (χ3n) is 6.79. The molecule has 0 heterocycles. The van der Waals surface area contributed by atoms with E-state index in [9.17, 15) is 26.2 Å². The van der Waals surface area contributed by atoms with Crippen molar-refractivity contribution in [3.05, 3.63) is 100 Å². The molecule has 1 aliphatic carbocycles. The van der Waals surface area contributed by atoms with Crippen molar-refractivity contribution in [3.63, 3.8) is 0 Å². The maximum Gasteiger partial charge on any atom is 0.360 e. The van der Waals surface area contributed by atoms with Crippen LogP contribution in [0, 0.1) is 6.92 Å². The van der Waals surface area contributed by atoms with Crippen molar-refractivity contribution in [1.82, 2.24) is 4.72 Å². The van der Waals surface area contributed by atoms with Gasteiger partial charge in [0.1, 0.15) is 10.7 Å². The summed E-state index contributed by atoms with van der Waals surface area (Å²) >= 11 is 0. The minimum atomic E-state index is -4.66. The summed E-state index contributed by atoms with van der Waals surface area (Å²) < 4.78 is 90.4. The molecule has 1 aliphatic rings. The molecule has 0 aliphatic heterocycles. The Morgan fingerprint density at radius 1 is 0.814 bits per heavy atom. The molecule has 0 saturated carbocycles. The molecule has 0 aromatic heterocycles. The molecular formula is C30H34NO9PS2. The van der Waals surface area contributed by atoms with Gasteiger partial charge >= 0.3 is 7.60 Å². The number of fused-ring (bicyclic) bond motifs is 1. The van der Waals surface area contributed by atoms with Crippen LogP contribution in [0.3, 0.4) is 0 Å². The number of sulfone groups is 1. The predicted octanol–water partition coefficient (Wildman–Crippen LogP) is 5.74. The minimum Gasteiger partial charge on any atom is -0.497 e. The Morgan fingerprint density at radius 2 is 1.37 bits per heavy atom. The lowest BCUT2D eigenvalue weighted by Crippen LogP contribution is -2.48. The normalized spacial score (nSPS) is 17.3. The lowest BCUT2D eigenvalue weighted by atomic mass is 9.92. The Kier molecular flexibility index (Phi) is 9.80. The van der Waals surface area contributed by atoms with Crippen molar-refractivity contribution in [2.24, 2.45) is 0 Å². The highest BCUT2D eigenvalue weighted by Crippen LogP contribution is 2.67. The second-order valence-corrected chi connectivity index (χ2v) is 15.7. The van der Waals surface area contributed by atoms with Crippen molar-refractivity contribution in [2.45, 2.75) is 48.7 Å². The second-order valence-electron chi connectivity index (χ2n) is 9.91. The Labute approximate surface area is 252 Å². The van der Waals surface area contributed by atoms with E-state index in [0.29, 0.717) is 18.6 Å². The molecule has 1 N–H and O–H groups in total. The number of hydrogen-bond donors (Lipinski definition) is 1. The monoisotopic (exact) mass is 647 g/mol. The van der Waals surface area contributed by atoms with E-state index in [-0.39, 0.29) is 34.1 Å². The molecule has 0 radical (unpaired) electrons. The summed E-state index contributed by atoms with van der Waals surface area (Å²) in [6.45, 7) is 5.11. The Hall–Kier alpha value is -3.12. The van der Waals surface area contributed by atoms with Crippen molar-refractivity contribution in [1.29, 1.82) is 0 Å². The summed E-state index contributed by atoms with van der Waals surface area (Å²) in [6.07, 6.45) is 1.67. The van der Waals surface area contributed by atoms with Gasteiger partial charge in [0.05, 0.1) is 30.1 Å². The van der Waals surface area contributed by atoms with Gasteiger partial charge in [0, 0.05) is 11.1 Å². The van der Waals surface area contributed by atoms with Gasteiger partial charge in [0.25, 0.3) is 0 Å². The number of methoxy groups -OCH3 is 1. The fraction of sp³-hybridized carbons (Fsp3) is 0.300. The van der Waals surface area contributed by atoms with Gasteiger partial charge in [-0.1, -0.05) is 55.8 Å². The van der Waals surface area contributed by atoms with E-state index in [1.807, 2.05) is 0 Å². The molecule has 3 aromatic rings. The second kappa shape index (κ2) is 12.9. The molecule has 10 nitrogen and oxygen atoms in total. The van der Waals surface area contributed by atoms with Gasteiger partial charge in [-0.15, -0.1) is 0 Å². The van der Waals surface area contributed by atoms with E-state index < -0.39 is 43.4 Å². The molecule has 1 atom stereocenters. The molecule has 230 valence electrons. The van der Waals surface area contributed by atoms with Crippen LogP contribution in [0.2, 0.25) is 0 Å². The first-order valence-electron chi connectivity index (χ1n) is 13.6. The summed E-state index contributed by atoms with van der Waals surface area (Å²) in [5.41, 5.74) is 0.573. The standard InChI is InChI=1S/C30H34NO9PS2/c1-5-19-39-41(33,40-20-6-2)30(31-43(36,37)25-17-13-23(38-4)14-18-25)21-28(29(32)26-9-7-8-10-27(26)30)42(34,35)24-15-11-22(3)12-16-24/h7-18,21,31H,5-6,19-20H2,1-4H3. The molecule has 43 heavy (non-hydrogen) atoms. The zero-order valence-corrected chi connectivity index (χ0v) is 26.8. The molecule has 0 amide bonds. The molecule has 0 spiro atoms. The number of ether oxygens (including phenoxy) is 1. The number of aryl methyl sites for hydroxylation is 1. The van der Waals surface area contributed by atoms with E-state index in [4.69, 9.17) is 13.8 Å². The van der Waals surface area contributed by atoms with Crippen LogP contribution in [0.1, 0.15) is 48.2 Å². The first kappa shape index (κ1) is 32.8. The zero-order valence-electron chi connectivity index (χ0n) is 24.3. The van der Waals surface area contributed by atoms with Crippen LogP contribution in [0.25, 0.3) is 0 Å². The van der Waals surface area contributed by atoms with Crippen LogP contribution in [0.5, 0.6) is 5.75 Å². The molecular weight excluding hydrogens is 613 g/mol. The summed E-state index contributed by atoms with van der Waals surface area (Å²) in [5.74, 6) is -0.482. The lowest BCUT2D eigenvalue weighted by Gasteiger charge is -2.40. The van der Waals surface area contributed by atoms with Crippen LogP contribution in [-0.4, -0.2) is 42.9 Å². The number of benzene rings is 3. The zero-order chi connectivity index (χ0) is 31.5. The summed E-state index contributed by atoms with van der Waals surface area (Å²) in [7, 11) is -12.3. The summed E-state index contributed by atoms with van der Waals surface area (Å²) in [5, 5.41) is -2.44. The fourth-order valence-electron chi connectivity index (χ4n) is 4.57. The number of carbonyl (C=O) groups is 1. The number of rotatable bonds is 13. The van der Waals surface area contributed by atoms with Crippen molar-refractivity contribution < 1.29 is 40.0 Å². The lowest BCUT2D eigenvalue weighted by molar-refractivity contribution is 0.103. The van der Waals surface area contributed by atoms with E-state index in [1.165, 1.54) is 67.8 Å². The Morgan fingerprint density at radius 3 is 1.93 bits per heavy atom. The topological polar surface area (TPSA) is 142 Å². The number of nitrogens with one attached hydrogen (secondary N) is 1. The van der Waals surface area contributed by atoms with Crippen LogP contribution in [0.15, 0.2) is 93.6 Å². The van der Waals surface area contributed by atoms with Gasteiger partial charge in [-0.3, -0.25) is 9.36 Å². The van der Waals surface area contributed by atoms with Gasteiger partial charge in [-0.2, -0.15) is 4.72 Å². The van der Waals surface area contributed by atoms with E-state index in [2.05, 4.69) is 4.72 Å². The average Bonchev–Trinajstić information content (AvgIpc) is 3.00. The first-order chi connectivity index (χ1) is 20.3.